The first-order valence-electron chi connectivity index (χ1n) is 7.04. The van der Waals surface area contributed by atoms with Gasteiger partial charge in [-0.05, 0) is 23.8 Å². The Kier molecular flexibility index (Phi) is 3.71. The Morgan fingerprint density at radius 1 is 1.09 bits per heavy atom. The molecule has 1 aromatic heterocycles. The molecule has 8 heteroatoms. The lowest BCUT2D eigenvalue weighted by Crippen LogP contribution is -2.44. The molecular formula is C15H15NO6S. The number of nitrogens with zero attached hydrogens (tertiary/aromatic N) is 1. The topological polar surface area (TPSA) is 99.6 Å². The van der Waals surface area contributed by atoms with Crippen LogP contribution in [0, 0.1) is 0 Å². The smallest absolute Gasteiger partial charge is 0.303 e. The van der Waals surface area contributed by atoms with E-state index in [4.69, 9.17) is 9.47 Å². The Labute approximate surface area is 133 Å². The van der Waals surface area contributed by atoms with Crippen molar-refractivity contribution in [3.63, 3.8) is 0 Å². The average Bonchev–Trinajstić information content (AvgIpc) is 2.70. The molecule has 3 rings (SSSR count). The van der Waals surface area contributed by atoms with E-state index in [2.05, 4.69) is 4.98 Å². The molecular weight excluding hydrogens is 322 g/mol. The minimum atomic E-state index is -3.80. The van der Waals surface area contributed by atoms with Gasteiger partial charge in [0.15, 0.2) is 5.03 Å². The predicted molar refractivity (Wildman–Crippen MR) is 78.2 cm³/mol. The van der Waals surface area contributed by atoms with Gasteiger partial charge in [-0.1, -0.05) is 6.07 Å². The second kappa shape index (κ2) is 5.45. The molecule has 0 N–H and O–H groups in total. The van der Waals surface area contributed by atoms with Crippen molar-refractivity contribution in [2.75, 3.05) is 0 Å². The van der Waals surface area contributed by atoms with Crippen molar-refractivity contribution in [2.45, 2.75) is 42.2 Å². The Balaban J connectivity index is 2.14. The van der Waals surface area contributed by atoms with Crippen LogP contribution in [-0.2, 0) is 28.9 Å². The van der Waals surface area contributed by atoms with E-state index in [1.54, 1.807) is 18.2 Å². The molecule has 0 amide bonds. The summed E-state index contributed by atoms with van der Waals surface area (Å²) in [6, 6.07) is 3.27. The summed E-state index contributed by atoms with van der Waals surface area (Å²) in [4.78, 5) is 26.6. The van der Waals surface area contributed by atoms with E-state index in [9.17, 15) is 18.0 Å². The van der Waals surface area contributed by atoms with Crippen molar-refractivity contribution < 1.29 is 27.5 Å². The molecule has 2 heterocycles. The highest BCUT2D eigenvalue weighted by molar-refractivity contribution is 7.92. The molecule has 0 fully saturated rings. The van der Waals surface area contributed by atoms with Gasteiger partial charge in [-0.15, -0.1) is 0 Å². The van der Waals surface area contributed by atoms with Crippen molar-refractivity contribution in [3.8, 4) is 0 Å². The third-order valence-corrected chi connectivity index (χ3v) is 6.07. The van der Waals surface area contributed by atoms with Crippen LogP contribution in [-0.4, -0.2) is 42.8 Å². The quantitative estimate of drug-likeness (QED) is 0.580. The summed E-state index contributed by atoms with van der Waals surface area (Å²) in [5, 5.41) is -1.10. The Morgan fingerprint density at radius 2 is 1.70 bits per heavy atom. The number of rotatable bonds is 2. The Hall–Kier alpha value is -2.22. The van der Waals surface area contributed by atoms with Crippen LogP contribution < -0.4 is 0 Å². The summed E-state index contributed by atoms with van der Waals surface area (Å²) in [5.74, 6) is -1.75. The number of carbonyl (C=O) groups is 2. The summed E-state index contributed by atoms with van der Waals surface area (Å²) in [6.07, 6.45) is 2.73. The van der Waals surface area contributed by atoms with Gasteiger partial charge in [-0.3, -0.25) is 9.59 Å². The van der Waals surface area contributed by atoms with Gasteiger partial charge in [0.05, 0.1) is 0 Å². The van der Waals surface area contributed by atoms with Crippen LogP contribution in [0.5, 0.6) is 0 Å². The van der Waals surface area contributed by atoms with Gasteiger partial charge in [0.25, 0.3) is 0 Å². The maximum absolute atomic E-state index is 12.8. The number of hydrogen-bond acceptors (Lipinski definition) is 7. The summed E-state index contributed by atoms with van der Waals surface area (Å²) in [5.41, 5.74) is 0.477. The summed E-state index contributed by atoms with van der Waals surface area (Å²) < 4.78 is 36.0. The third-order valence-electron chi connectivity index (χ3n) is 3.91. The monoisotopic (exact) mass is 337 g/mol. The number of pyridine rings is 1. The first kappa shape index (κ1) is 15.7. The molecule has 1 aliphatic carbocycles. The number of fused-ring (bicyclic) bond motifs is 3. The van der Waals surface area contributed by atoms with Crippen molar-refractivity contribution in [3.05, 3.63) is 36.0 Å². The molecule has 2 aliphatic rings. The number of hydrogen-bond donors (Lipinski definition) is 0. The first-order chi connectivity index (χ1) is 10.8. The standard InChI is InChI=1S/C15H15NO6S/c1-8(17)21-11-5-6-12(22-9(2)18)14-13(11)10-4-3-7-16-15(10)23(14,19)20/h3-7,11-14H,1-2H3. The molecule has 1 aliphatic heterocycles. The summed E-state index contributed by atoms with van der Waals surface area (Å²) in [7, 11) is -3.80. The second-order valence-electron chi connectivity index (χ2n) is 5.47. The molecule has 0 aromatic carbocycles. The number of carbonyl (C=O) groups excluding carboxylic acids is 2. The Bertz CT molecular complexity index is 800. The van der Waals surface area contributed by atoms with E-state index in [0.29, 0.717) is 5.56 Å². The van der Waals surface area contributed by atoms with Crippen LogP contribution in [0.2, 0.25) is 0 Å². The van der Waals surface area contributed by atoms with Crippen molar-refractivity contribution in [1.29, 1.82) is 0 Å². The number of esters is 2. The second-order valence-corrected chi connectivity index (χ2v) is 7.49. The van der Waals surface area contributed by atoms with E-state index in [0.717, 1.165) is 0 Å². The predicted octanol–water partition coefficient (Wildman–Crippen LogP) is 0.754. The largest absolute Gasteiger partial charge is 0.458 e. The Morgan fingerprint density at radius 3 is 2.35 bits per heavy atom. The molecule has 122 valence electrons. The van der Waals surface area contributed by atoms with Gasteiger partial charge in [0.1, 0.15) is 17.5 Å². The van der Waals surface area contributed by atoms with Crippen LogP contribution in [0.3, 0.4) is 0 Å². The van der Waals surface area contributed by atoms with Gasteiger partial charge >= 0.3 is 11.9 Å². The number of ether oxygens (including phenoxy) is 2. The van der Waals surface area contributed by atoms with Crippen LogP contribution in [0.25, 0.3) is 0 Å². The van der Waals surface area contributed by atoms with E-state index >= 15 is 0 Å². The molecule has 0 spiro atoms. The molecule has 0 bridgehead atoms. The van der Waals surface area contributed by atoms with Crippen LogP contribution >= 0.6 is 0 Å². The van der Waals surface area contributed by atoms with Crippen molar-refractivity contribution in [2.24, 2.45) is 0 Å². The van der Waals surface area contributed by atoms with Gasteiger partial charge < -0.3 is 9.47 Å². The fraction of sp³-hybridized carbons (Fsp3) is 0.400. The molecule has 0 saturated heterocycles. The summed E-state index contributed by atoms with van der Waals surface area (Å²) in [6.45, 7) is 2.47. The molecule has 0 saturated carbocycles. The normalized spacial score (nSPS) is 30.2. The minimum absolute atomic E-state index is 0.0481. The van der Waals surface area contributed by atoms with Gasteiger partial charge in [0, 0.05) is 26.0 Å². The molecule has 4 atom stereocenters. The fourth-order valence-corrected chi connectivity index (χ4v) is 5.37. The number of aromatic nitrogens is 1. The zero-order chi connectivity index (χ0) is 16.8. The molecule has 4 unspecified atom stereocenters. The minimum Gasteiger partial charge on any atom is -0.458 e. The lowest BCUT2D eigenvalue weighted by Gasteiger charge is -2.33. The zero-order valence-electron chi connectivity index (χ0n) is 12.5. The fourth-order valence-electron chi connectivity index (χ4n) is 3.19. The van der Waals surface area contributed by atoms with Crippen LogP contribution in [0.1, 0.15) is 25.3 Å². The van der Waals surface area contributed by atoms with Gasteiger partial charge in [0.2, 0.25) is 9.84 Å². The van der Waals surface area contributed by atoms with E-state index in [-0.39, 0.29) is 5.03 Å². The maximum Gasteiger partial charge on any atom is 0.303 e. The van der Waals surface area contributed by atoms with E-state index in [1.165, 1.54) is 26.1 Å². The van der Waals surface area contributed by atoms with Gasteiger partial charge in [-0.2, -0.15) is 0 Å². The van der Waals surface area contributed by atoms with Gasteiger partial charge in [-0.25, -0.2) is 13.4 Å². The SMILES string of the molecule is CC(=O)OC1C=CC(OC(C)=O)C2C1c1cccnc1S2(=O)=O. The molecule has 7 nitrogen and oxygen atoms in total. The van der Waals surface area contributed by atoms with Crippen LogP contribution in [0.15, 0.2) is 35.5 Å². The molecule has 0 radical (unpaired) electrons. The average molecular weight is 337 g/mol. The van der Waals surface area contributed by atoms with Crippen molar-refractivity contribution >= 4 is 21.8 Å². The lowest BCUT2D eigenvalue weighted by molar-refractivity contribution is -0.149. The number of sulfone groups is 1. The molecule has 23 heavy (non-hydrogen) atoms. The highest BCUT2D eigenvalue weighted by atomic mass is 32.2. The zero-order valence-corrected chi connectivity index (χ0v) is 13.3. The highest BCUT2D eigenvalue weighted by Gasteiger charge is 2.55. The van der Waals surface area contributed by atoms with Crippen molar-refractivity contribution in [1.82, 2.24) is 4.98 Å². The van der Waals surface area contributed by atoms with Crippen LogP contribution in [0.4, 0.5) is 0 Å². The maximum atomic E-state index is 12.8. The lowest BCUT2D eigenvalue weighted by atomic mass is 9.84. The van der Waals surface area contributed by atoms with E-state index < -0.39 is 45.2 Å². The summed E-state index contributed by atoms with van der Waals surface area (Å²) >= 11 is 0. The van der Waals surface area contributed by atoms with E-state index in [1.807, 2.05) is 0 Å². The first-order valence-corrected chi connectivity index (χ1v) is 8.58. The molecule has 1 aromatic rings. The highest BCUT2D eigenvalue weighted by Crippen LogP contribution is 2.46. The third kappa shape index (κ3) is 2.52.